The van der Waals surface area contributed by atoms with Gasteiger partial charge in [-0.3, -0.25) is 4.79 Å². The summed E-state index contributed by atoms with van der Waals surface area (Å²) >= 11 is 0. The van der Waals surface area contributed by atoms with E-state index in [2.05, 4.69) is 22.3 Å². The van der Waals surface area contributed by atoms with E-state index in [1.54, 1.807) is 18.2 Å². The Morgan fingerprint density at radius 1 is 1.07 bits per heavy atom. The van der Waals surface area contributed by atoms with Crippen molar-refractivity contribution in [3.05, 3.63) is 99.6 Å². The molecule has 1 aliphatic rings. The molecule has 0 saturated heterocycles. The van der Waals surface area contributed by atoms with Crippen LogP contribution in [0.25, 0.3) is 0 Å². The van der Waals surface area contributed by atoms with Gasteiger partial charge in [-0.25, -0.2) is 0 Å². The van der Waals surface area contributed by atoms with Crippen LogP contribution in [0, 0.1) is 16.0 Å². The summed E-state index contributed by atoms with van der Waals surface area (Å²) in [4.78, 5) is 26.3. The molecule has 1 aliphatic carbocycles. The third-order valence-electron chi connectivity index (χ3n) is 6.45. The van der Waals surface area contributed by atoms with Crippen LogP contribution in [-0.2, 0) is 29.0 Å². The predicted molar refractivity (Wildman–Crippen MR) is 151 cm³/mol. The van der Waals surface area contributed by atoms with Crippen LogP contribution in [0.15, 0.2) is 72.8 Å². The molecule has 0 unspecified atom stereocenters. The van der Waals surface area contributed by atoms with E-state index >= 15 is 0 Å². The maximum atomic E-state index is 12.5. The van der Waals surface area contributed by atoms with Gasteiger partial charge in [-0.05, 0) is 74.3 Å². The molecular weight excluding hydrogens is 537 g/mol. The number of nitrogens with one attached hydrogen (secondary N) is 1. The van der Waals surface area contributed by atoms with Crippen molar-refractivity contribution in [1.82, 2.24) is 5.32 Å². The van der Waals surface area contributed by atoms with Crippen LogP contribution >= 0.6 is 0 Å². The predicted octanol–water partition coefficient (Wildman–Crippen LogP) is 7.98. The van der Waals surface area contributed by atoms with Gasteiger partial charge in [0.15, 0.2) is 0 Å². The lowest BCUT2D eigenvalue weighted by atomic mass is 10.1. The lowest BCUT2D eigenvalue weighted by Gasteiger charge is -2.10. The zero-order chi connectivity index (χ0) is 29.9. The van der Waals surface area contributed by atoms with Crippen molar-refractivity contribution in [3.63, 3.8) is 0 Å². The van der Waals surface area contributed by atoms with Gasteiger partial charge >= 0.3 is 6.18 Å². The van der Waals surface area contributed by atoms with Crippen molar-refractivity contribution in [2.24, 2.45) is 5.92 Å². The van der Waals surface area contributed by atoms with Crippen molar-refractivity contribution < 1.29 is 32.6 Å². The summed E-state index contributed by atoms with van der Waals surface area (Å²) in [5.41, 5.74) is 0.848. The molecule has 224 valence electrons. The van der Waals surface area contributed by atoms with E-state index in [1.165, 1.54) is 31.7 Å². The molecule has 1 amide bonds. The van der Waals surface area contributed by atoms with Gasteiger partial charge in [-0.15, -0.1) is 10.1 Å². The van der Waals surface area contributed by atoms with Gasteiger partial charge in [0.1, 0.15) is 12.4 Å². The monoisotopic (exact) mass is 576 g/mol. The van der Waals surface area contributed by atoms with E-state index in [0.717, 1.165) is 37.0 Å². The highest BCUT2D eigenvalue weighted by Crippen LogP contribution is 2.31. The van der Waals surface area contributed by atoms with Crippen LogP contribution in [0.2, 0.25) is 0 Å². The fourth-order valence-corrected chi connectivity index (χ4v) is 4.27. The van der Waals surface area contributed by atoms with Gasteiger partial charge in [0.05, 0.1) is 12.2 Å². The van der Waals surface area contributed by atoms with E-state index in [1.807, 2.05) is 31.2 Å². The summed E-state index contributed by atoms with van der Waals surface area (Å²) in [6.45, 7) is 2.59. The minimum Gasteiger partial charge on any atom is -0.493 e. The third kappa shape index (κ3) is 14.4. The number of hydrogen-bond donors (Lipinski definition) is 1. The van der Waals surface area contributed by atoms with Crippen LogP contribution in [-0.4, -0.2) is 17.6 Å². The number of amides is 1. The van der Waals surface area contributed by atoms with Gasteiger partial charge in [-0.2, -0.15) is 13.2 Å². The summed E-state index contributed by atoms with van der Waals surface area (Å²) in [5, 5.41) is 12.2. The number of halogens is 3. The number of rotatable bonds is 14. The molecule has 7 nitrogen and oxygen atoms in total. The lowest BCUT2D eigenvalue weighted by molar-refractivity contribution is -0.763. The Morgan fingerprint density at radius 3 is 2.49 bits per heavy atom. The van der Waals surface area contributed by atoms with Crippen molar-refractivity contribution in [2.75, 3.05) is 6.61 Å². The first-order valence-corrected chi connectivity index (χ1v) is 13.9. The SMILES string of the molecule is C/C=C\CCCC(=O)NCc1ccccc1CO[N+](=O)[O-].FC(F)(F)c1cccc(OCC/C=C/C2CCCC2)c1. The molecule has 0 radical (unpaired) electrons. The molecule has 3 rings (SSSR count). The summed E-state index contributed by atoms with van der Waals surface area (Å²) in [7, 11) is 0. The molecule has 1 N–H and O–H groups in total. The Bertz CT molecular complexity index is 1130. The first-order valence-electron chi connectivity index (χ1n) is 13.9. The minimum atomic E-state index is -4.32. The quantitative estimate of drug-likeness (QED) is 0.107. The second kappa shape index (κ2) is 18.5. The zero-order valence-electron chi connectivity index (χ0n) is 23.4. The van der Waals surface area contributed by atoms with E-state index < -0.39 is 16.8 Å². The number of ether oxygens (including phenoxy) is 1. The molecule has 2 aromatic rings. The van der Waals surface area contributed by atoms with Crippen LogP contribution in [0.4, 0.5) is 13.2 Å². The molecule has 0 bridgehead atoms. The standard InChI is InChI=1S/C16H19F3O.C15H20N2O4/c17-16(18,19)14-9-5-10-15(12-14)20-11-4-3-8-13-6-1-2-7-13;1-2-3-4-5-10-15(18)16-11-13-8-6-7-9-14(13)12-21-17(19)20/h3,5,8-10,12-13H,1-2,4,6-7,11H2;2-3,6-9H,4-5,10-12H2,1H3,(H,16,18)/b8-3+;3-2-. The maximum Gasteiger partial charge on any atom is 0.416 e. The third-order valence-corrected chi connectivity index (χ3v) is 6.45. The van der Waals surface area contributed by atoms with E-state index in [9.17, 15) is 28.1 Å². The van der Waals surface area contributed by atoms with Crippen molar-refractivity contribution in [3.8, 4) is 5.75 Å². The Morgan fingerprint density at radius 2 is 1.80 bits per heavy atom. The first-order chi connectivity index (χ1) is 19.7. The van der Waals surface area contributed by atoms with Crippen LogP contribution in [0.3, 0.4) is 0 Å². The van der Waals surface area contributed by atoms with E-state index in [0.29, 0.717) is 31.1 Å². The maximum absolute atomic E-state index is 12.5. The van der Waals surface area contributed by atoms with Crippen LogP contribution < -0.4 is 10.1 Å². The van der Waals surface area contributed by atoms with Gasteiger partial charge in [-0.1, -0.05) is 67.5 Å². The fraction of sp³-hybridized carbons (Fsp3) is 0.452. The Hall–Kier alpha value is -3.82. The summed E-state index contributed by atoms with van der Waals surface area (Å²) in [6.07, 6.45) is 12.0. The molecule has 10 heteroatoms. The molecular formula is C31H39F3N2O5. The highest BCUT2D eigenvalue weighted by Gasteiger charge is 2.30. The highest BCUT2D eigenvalue weighted by atomic mass is 19.4. The van der Waals surface area contributed by atoms with Crippen molar-refractivity contribution in [2.45, 2.75) is 77.6 Å². The Balaban J connectivity index is 0.000000287. The molecule has 0 aromatic heterocycles. The minimum absolute atomic E-state index is 0.0236. The van der Waals surface area contributed by atoms with Crippen LogP contribution in [0.5, 0.6) is 5.75 Å². The first kappa shape index (κ1) is 33.4. The number of allylic oxidation sites excluding steroid dienone is 3. The summed E-state index contributed by atoms with van der Waals surface area (Å²) < 4.78 is 42.9. The number of unbranched alkanes of at least 4 members (excludes halogenated alkanes) is 1. The van der Waals surface area contributed by atoms with E-state index in [4.69, 9.17) is 4.74 Å². The lowest BCUT2D eigenvalue weighted by Crippen LogP contribution is -2.23. The van der Waals surface area contributed by atoms with Gasteiger partial charge in [0, 0.05) is 13.0 Å². The fourth-order valence-electron chi connectivity index (χ4n) is 4.27. The summed E-state index contributed by atoms with van der Waals surface area (Å²) in [6, 6.07) is 12.2. The number of nitrogens with zero attached hydrogens (tertiary/aromatic N) is 1. The zero-order valence-corrected chi connectivity index (χ0v) is 23.4. The topological polar surface area (TPSA) is 90.7 Å². The van der Waals surface area contributed by atoms with Crippen LogP contribution in [0.1, 0.15) is 75.0 Å². The number of carbonyl (C=O) groups excluding carboxylic acids is 1. The second-order valence-electron chi connectivity index (χ2n) is 9.64. The Labute approximate surface area is 239 Å². The highest BCUT2D eigenvalue weighted by molar-refractivity contribution is 5.75. The van der Waals surface area contributed by atoms with E-state index in [-0.39, 0.29) is 18.3 Å². The molecule has 2 aromatic carbocycles. The van der Waals surface area contributed by atoms with Gasteiger partial charge < -0.3 is 14.9 Å². The normalized spacial score (nSPS) is 13.7. The smallest absolute Gasteiger partial charge is 0.416 e. The number of benzene rings is 2. The number of alkyl halides is 3. The summed E-state index contributed by atoms with van der Waals surface area (Å²) in [5.74, 6) is 0.933. The van der Waals surface area contributed by atoms with Crippen molar-refractivity contribution >= 4 is 5.91 Å². The molecule has 41 heavy (non-hydrogen) atoms. The van der Waals surface area contributed by atoms with Gasteiger partial charge in [0.25, 0.3) is 5.09 Å². The van der Waals surface area contributed by atoms with Gasteiger partial charge in [0.2, 0.25) is 5.91 Å². The molecule has 0 aliphatic heterocycles. The largest absolute Gasteiger partial charge is 0.493 e. The molecule has 0 atom stereocenters. The number of carbonyl (C=O) groups is 1. The van der Waals surface area contributed by atoms with Crippen molar-refractivity contribution in [1.29, 1.82) is 0 Å². The Kier molecular flexibility index (Phi) is 15.1. The molecule has 1 fully saturated rings. The average molecular weight is 577 g/mol. The molecule has 0 spiro atoms. The second-order valence-corrected chi connectivity index (χ2v) is 9.64. The average Bonchev–Trinajstić information content (AvgIpc) is 3.47. The molecule has 1 saturated carbocycles. The number of hydrogen-bond acceptors (Lipinski definition) is 5. The molecule has 0 heterocycles.